The Morgan fingerprint density at radius 1 is 1.26 bits per heavy atom. The summed E-state index contributed by atoms with van der Waals surface area (Å²) in [7, 11) is 0. The summed E-state index contributed by atoms with van der Waals surface area (Å²) in [6.07, 6.45) is 4.75. The van der Waals surface area contributed by atoms with Crippen molar-refractivity contribution in [2.75, 3.05) is 5.32 Å². The van der Waals surface area contributed by atoms with Gasteiger partial charge in [0.1, 0.15) is 5.76 Å². The molecule has 4 aromatic rings. The molecule has 2 N–H and O–H groups in total. The van der Waals surface area contributed by atoms with Crippen molar-refractivity contribution in [1.82, 2.24) is 9.97 Å². The van der Waals surface area contributed by atoms with Crippen molar-refractivity contribution in [3.05, 3.63) is 59.5 Å². The molecule has 3 aromatic heterocycles. The molecule has 3 heterocycles. The number of hydrogen-bond donors (Lipinski definition) is 2. The molecule has 116 valence electrons. The molecule has 0 aliphatic heterocycles. The Bertz CT molecular complexity index is 921. The van der Waals surface area contributed by atoms with Crippen molar-refractivity contribution in [1.29, 1.82) is 0 Å². The van der Waals surface area contributed by atoms with Crippen LogP contribution in [0.25, 0.3) is 22.2 Å². The topological polar surface area (TPSA) is 53.9 Å². The van der Waals surface area contributed by atoms with Gasteiger partial charge in [-0.3, -0.25) is 0 Å². The molecule has 4 nitrogen and oxygen atoms in total. The van der Waals surface area contributed by atoms with Crippen molar-refractivity contribution in [2.45, 2.75) is 19.9 Å². The van der Waals surface area contributed by atoms with Gasteiger partial charge in [0.15, 0.2) is 5.13 Å². The fraction of sp³-hybridized carbons (Fsp3) is 0.167. The lowest BCUT2D eigenvalue weighted by Crippen LogP contribution is -1.97. The maximum atomic E-state index is 5.33. The minimum Gasteiger partial charge on any atom is -0.467 e. The van der Waals surface area contributed by atoms with Gasteiger partial charge in [-0.05, 0) is 24.1 Å². The minimum atomic E-state index is 0.647. The van der Waals surface area contributed by atoms with Gasteiger partial charge in [-0.15, -0.1) is 11.3 Å². The van der Waals surface area contributed by atoms with Crippen molar-refractivity contribution >= 4 is 27.4 Å². The molecule has 0 aliphatic carbocycles. The van der Waals surface area contributed by atoms with Gasteiger partial charge in [0, 0.05) is 28.0 Å². The summed E-state index contributed by atoms with van der Waals surface area (Å²) in [4.78, 5) is 8.10. The summed E-state index contributed by atoms with van der Waals surface area (Å²) in [5.41, 5.74) is 4.69. The zero-order chi connectivity index (χ0) is 15.6. The number of nitrogens with zero attached hydrogens (tertiary/aromatic N) is 1. The van der Waals surface area contributed by atoms with E-state index in [1.807, 2.05) is 12.1 Å². The number of furan rings is 1. The van der Waals surface area contributed by atoms with Gasteiger partial charge in [-0.25, -0.2) is 4.98 Å². The Morgan fingerprint density at radius 2 is 2.22 bits per heavy atom. The Labute approximate surface area is 138 Å². The number of aromatic amines is 1. The smallest absolute Gasteiger partial charge is 0.183 e. The highest BCUT2D eigenvalue weighted by Crippen LogP contribution is 2.32. The van der Waals surface area contributed by atoms with Crippen LogP contribution < -0.4 is 5.32 Å². The van der Waals surface area contributed by atoms with Gasteiger partial charge in [0.05, 0.1) is 18.5 Å². The second kappa shape index (κ2) is 5.93. The van der Waals surface area contributed by atoms with Crippen LogP contribution in [0.15, 0.2) is 52.6 Å². The largest absolute Gasteiger partial charge is 0.467 e. The lowest BCUT2D eigenvalue weighted by molar-refractivity contribution is 0.518. The molecule has 0 fully saturated rings. The fourth-order valence-corrected chi connectivity index (χ4v) is 3.49. The molecule has 0 saturated heterocycles. The summed E-state index contributed by atoms with van der Waals surface area (Å²) in [6.45, 7) is 2.82. The normalized spacial score (nSPS) is 11.2. The molecule has 0 spiro atoms. The van der Waals surface area contributed by atoms with E-state index in [-0.39, 0.29) is 0 Å². The number of fused-ring (bicyclic) bond motifs is 1. The molecular weight excluding hydrogens is 306 g/mol. The first-order valence-corrected chi connectivity index (χ1v) is 8.54. The van der Waals surface area contributed by atoms with Crippen LogP contribution in [0.5, 0.6) is 0 Å². The number of anilines is 1. The summed E-state index contributed by atoms with van der Waals surface area (Å²) < 4.78 is 5.33. The molecule has 0 amide bonds. The van der Waals surface area contributed by atoms with E-state index in [0.717, 1.165) is 28.6 Å². The zero-order valence-corrected chi connectivity index (χ0v) is 13.6. The highest BCUT2D eigenvalue weighted by atomic mass is 32.1. The highest BCUT2D eigenvalue weighted by molar-refractivity contribution is 7.14. The van der Waals surface area contributed by atoms with Crippen LogP contribution >= 0.6 is 11.3 Å². The predicted molar refractivity (Wildman–Crippen MR) is 94.8 cm³/mol. The number of aromatic nitrogens is 2. The number of H-pyrrole nitrogens is 1. The van der Waals surface area contributed by atoms with Gasteiger partial charge in [0.25, 0.3) is 0 Å². The van der Waals surface area contributed by atoms with E-state index in [1.165, 1.54) is 16.5 Å². The first kappa shape index (κ1) is 14.1. The van der Waals surface area contributed by atoms with Crippen molar-refractivity contribution in [2.24, 2.45) is 0 Å². The van der Waals surface area contributed by atoms with E-state index in [1.54, 1.807) is 17.6 Å². The first-order chi connectivity index (χ1) is 11.3. The molecule has 1 aromatic carbocycles. The molecule has 23 heavy (non-hydrogen) atoms. The number of thiazole rings is 1. The number of para-hydroxylation sites is 1. The molecule has 0 atom stereocenters. The second-order valence-electron chi connectivity index (χ2n) is 5.37. The Morgan fingerprint density at radius 3 is 3.04 bits per heavy atom. The third-order valence-electron chi connectivity index (χ3n) is 3.96. The zero-order valence-electron chi connectivity index (χ0n) is 12.8. The third kappa shape index (κ3) is 2.64. The molecule has 0 aliphatic rings. The standard InChI is InChI=1S/C18H17N3OS/c1-2-12-5-3-7-14-15(10-19-17(12)14)16-11-23-18(21-16)20-9-13-6-4-8-22-13/h3-8,10-11,19H,2,9H2,1H3,(H,20,21). The minimum absolute atomic E-state index is 0.647. The molecule has 5 heteroatoms. The molecule has 0 saturated carbocycles. The summed E-state index contributed by atoms with van der Waals surface area (Å²) in [6, 6.07) is 10.3. The van der Waals surface area contributed by atoms with E-state index in [4.69, 9.17) is 9.40 Å². The molecule has 0 radical (unpaired) electrons. The average molecular weight is 323 g/mol. The lowest BCUT2D eigenvalue weighted by Gasteiger charge is -2.00. The van der Waals surface area contributed by atoms with Crippen LogP contribution in [-0.4, -0.2) is 9.97 Å². The van der Waals surface area contributed by atoms with Crippen LogP contribution in [-0.2, 0) is 13.0 Å². The molecule has 4 rings (SSSR count). The number of aryl methyl sites for hydroxylation is 1. The maximum Gasteiger partial charge on any atom is 0.183 e. The van der Waals surface area contributed by atoms with Gasteiger partial charge >= 0.3 is 0 Å². The van der Waals surface area contributed by atoms with E-state index in [0.29, 0.717) is 6.54 Å². The highest BCUT2D eigenvalue weighted by Gasteiger charge is 2.11. The summed E-state index contributed by atoms with van der Waals surface area (Å²) >= 11 is 1.61. The van der Waals surface area contributed by atoms with E-state index in [2.05, 4.69) is 47.0 Å². The number of rotatable bonds is 5. The predicted octanol–water partition coefficient (Wildman–Crippen LogP) is 5.06. The van der Waals surface area contributed by atoms with Gasteiger partial charge in [-0.1, -0.05) is 25.1 Å². The van der Waals surface area contributed by atoms with Crippen molar-refractivity contribution < 1.29 is 4.42 Å². The van der Waals surface area contributed by atoms with E-state index < -0.39 is 0 Å². The SMILES string of the molecule is CCc1cccc2c(-c3csc(NCc4ccco4)n3)c[nH]c12. The third-order valence-corrected chi connectivity index (χ3v) is 4.76. The van der Waals surface area contributed by atoms with E-state index >= 15 is 0 Å². The Balaban J connectivity index is 1.61. The van der Waals surface area contributed by atoms with Crippen molar-refractivity contribution in [3.8, 4) is 11.3 Å². The monoisotopic (exact) mass is 323 g/mol. The quantitative estimate of drug-likeness (QED) is 0.540. The van der Waals surface area contributed by atoms with Crippen LogP contribution in [0.2, 0.25) is 0 Å². The van der Waals surface area contributed by atoms with Gasteiger partial charge in [-0.2, -0.15) is 0 Å². The number of hydrogen-bond acceptors (Lipinski definition) is 4. The Hall–Kier alpha value is -2.53. The second-order valence-corrected chi connectivity index (χ2v) is 6.22. The number of nitrogens with one attached hydrogen (secondary N) is 2. The van der Waals surface area contributed by atoms with Crippen LogP contribution in [0.1, 0.15) is 18.2 Å². The Kier molecular flexibility index (Phi) is 3.63. The molecule has 0 bridgehead atoms. The lowest BCUT2D eigenvalue weighted by atomic mass is 10.1. The van der Waals surface area contributed by atoms with Crippen LogP contribution in [0.3, 0.4) is 0 Å². The summed E-state index contributed by atoms with van der Waals surface area (Å²) in [5, 5.41) is 7.52. The maximum absolute atomic E-state index is 5.33. The van der Waals surface area contributed by atoms with Crippen LogP contribution in [0, 0.1) is 0 Å². The van der Waals surface area contributed by atoms with Crippen LogP contribution in [0.4, 0.5) is 5.13 Å². The van der Waals surface area contributed by atoms with E-state index in [9.17, 15) is 0 Å². The first-order valence-electron chi connectivity index (χ1n) is 7.66. The number of benzene rings is 1. The molecule has 0 unspecified atom stereocenters. The fourth-order valence-electron chi connectivity index (χ4n) is 2.78. The average Bonchev–Trinajstić information content (AvgIpc) is 3.31. The van der Waals surface area contributed by atoms with Crippen molar-refractivity contribution in [3.63, 3.8) is 0 Å². The molecular formula is C18H17N3OS. The van der Waals surface area contributed by atoms with Gasteiger partial charge in [0.2, 0.25) is 0 Å². The summed E-state index contributed by atoms with van der Waals surface area (Å²) in [5.74, 6) is 0.904. The van der Waals surface area contributed by atoms with Gasteiger partial charge < -0.3 is 14.7 Å².